The summed E-state index contributed by atoms with van der Waals surface area (Å²) < 4.78 is 0. The van der Waals surface area contributed by atoms with Gasteiger partial charge in [0.05, 0.1) is 5.56 Å². The summed E-state index contributed by atoms with van der Waals surface area (Å²) in [6, 6.07) is 6.28. The number of aliphatic hydroxyl groups is 1. The third kappa shape index (κ3) is 4.46. The van der Waals surface area contributed by atoms with Crippen molar-refractivity contribution in [1.82, 2.24) is 10.6 Å². The molecule has 0 bridgehead atoms. The van der Waals surface area contributed by atoms with Crippen LogP contribution >= 0.6 is 0 Å². The highest BCUT2D eigenvalue weighted by Crippen LogP contribution is 2.24. The molecule has 0 spiro atoms. The van der Waals surface area contributed by atoms with E-state index in [1.807, 2.05) is 0 Å². The minimum Gasteiger partial charge on any atom is -0.478 e. The van der Waals surface area contributed by atoms with Gasteiger partial charge in [0.15, 0.2) is 0 Å². The number of carboxylic acid groups (broad SMARTS) is 1. The number of rotatable bonds is 5. The molecule has 1 fully saturated rings. The SMILES string of the molecule is O=C(NCc1ccc(C(=O)O)cc1)N[C@H]1CC[C@@H](CO)C1. The van der Waals surface area contributed by atoms with Gasteiger partial charge in [-0.1, -0.05) is 12.1 Å². The lowest BCUT2D eigenvalue weighted by Crippen LogP contribution is -2.40. The van der Waals surface area contributed by atoms with Gasteiger partial charge in [-0.3, -0.25) is 0 Å². The second-order valence-corrected chi connectivity index (χ2v) is 5.39. The van der Waals surface area contributed by atoms with E-state index in [4.69, 9.17) is 10.2 Å². The maximum atomic E-state index is 11.8. The number of hydrogen-bond acceptors (Lipinski definition) is 3. The fraction of sp³-hybridized carbons (Fsp3) is 0.467. The van der Waals surface area contributed by atoms with Gasteiger partial charge in [0.25, 0.3) is 0 Å². The Morgan fingerprint density at radius 3 is 2.48 bits per heavy atom. The zero-order chi connectivity index (χ0) is 15.2. The van der Waals surface area contributed by atoms with E-state index < -0.39 is 5.97 Å². The molecule has 1 aromatic carbocycles. The lowest BCUT2D eigenvalue weighted by Gasteiger charge is -2.13. The van der Waals surface area contributed by atoms with Gasteiger partial charge in [-0.05, 0) is 42.9 Å². The smallest absolute Gasteiger partial charge is 0.335 e. The summed E-state index contributed by atoms with van der Waals surface area (Å²) in [5, 5.41) is 23.5. The molecule has 0 aliphatic heterocycles. The average molecular weight is 292 g/mol. The number of nitrogens with one attached hydrogen (secondary N) is 2. The van der Waals surface area contributed by atoms with E-state index in [0.717, 1.165) is 24.8 Å². The Morgan fingerprint density at radius 1 is 1.19 bits per heavy atom. The zero-order valence-electron chi connectivity index (χ0n) is 11.7. The molecule has 6 nitrogen and oxygen atoms in total. The molecule has 1 aliphatic rings. The van der Waals surface area contributed by atoms with Crippen molar-refractivity contribution >= 4 is 12.0 Å². The summed E-state index contributed by atoms with van der Waals surface area (Å²) in [7, 11) is 0. The van der Waals surface area contributed by atoms with Crippen LogP contribution in [0.4, 0.5) is 4.79 Å². The van der Waals surface area contributed by atoms with E-state index in [2.05, 4.69) is 10.6 Å². The van der Waals surface area contributed by atoms with Crippen molar-refractivity contribution in [2.75, 3.05) is 6.61 Å². The molecule has 6 heteroatoms. The fourth-order valence-corrected chi connectivity index (χ4v) is 2.56. The van der Waals surface area contributed by atoms with Crippen LogP contribution in [0.5, 0.6) is 0 Å². The van der Waals surface area contributed by atoms with Crippen molar-refractivity contribution in [3.63, 3.8) is 0 Å². The molecule has 0 heterocycles. The van der Waals surface area contributed by atoms with E-state index in [1.54, 1.807) is 12.1 Å². The summed E-state index contributed by atoms with van der Waals surface area (Å²) in [6.07, 6.45) is 2.65. The van der Waals surface area contributed by atoms with Crippen LogP contribution in [0, 0.1) is 5.92 Å². The molecule has 0 unspecified atom stereocenters. The summed E-state index contributed by atoms with van der Waals surface area (Å²) in [4.78, 5) is 22.5. The van der Waals surface area contributed by atoms with Gasteiger partial charge >= 0.3 is 12.0 Å². The van der Waals surface area contributed by atoms with Crippen LogP contribution in [-0.2, 0) is 6.54 Å². The van der Waals surface area contributed by atoms with E-state index in [0.29, 0.717) is 12.5 Å². The Labute approximate surface area is 123 Å². The Hall–Kier alpha value is -2.08. The largest absolute Gasteiger partial charge is 0.478 e. The minimum absolute atomic E-state index is 0.122. The van der Waals surface area contributed by atoms with Crippen LogP contribution in [-0.4, -0.2) is 34.9 Å². The van der Waals surface area contributed by atoms with E-state index >= 15 is 0 Å². The molecule has 1 aromatic rings. The van der Waals surface area contributed by atoms with Gasteiger partial charge < -0.3 is 20.8 Å². The lowest BCUT2D eigenvalue weighted by molar-refractivity contribution is 0.0697. The monoisotopic (exact) mass is 292 g/mol. The van der Waals surface area contributed by atoms with Crippen molar-refractivity contribution in [3.8, 4) is 0 Å². The van der Waals surface area contributed by atoms with Crippen LogP contribution in [0.3, 0.4) is 0 Å². The molecular weight excluding hydrogens is 272 g/mol. The van der Waals surface area contributed by atoms with Gasteiger partial charge in [0.2, 0.25) is 0 Å². The van der Waals surface area contributed by atoms with Crippen LogP contribution in [0.1, 0.15) is 35.2 Å². The van der Waals surface area contributed by atoms with Crippen LogP contribution in [0.25, 0.3) is 0 Å². The molecule has 2 atom stereocenters. The van der Waals surface area contributed by atoms with E-state index in [-0.39, 0.29) is 24.2 Å². The second kappa shape index (κ2) is 7.08. The molecule has 114 valence electrons. The zero-order valence-corrected chi connectivity index (χ0v) is 11.7. The van der Waals surface area contributed by atoms with Crippen molar-refractivity contribution in [1.29, 1.82) is 0 Å². The molecule has 1 aliphatic carbocycles. The average Bonchev–Trinajstić information content (AvgIpc) is 2.93. The van der Waals surface area contributed by atoms with Crippen LogP contribution in [0.2, 0.25) is 0 Å². The first-order chi connectivity index (χ1) is 10.1. The predicted molar refractivity (Wildman–Crippen MR) is 77.0 cm³/mol. The fourth-order valence-electron chi connectivity index (χ4n) is 2.56. The molecule has 0 saturated heterocycles. The Bertz CT molecular complexity index is 501. The van der Waals surface area contributed by atoms with E-state index in [1.165, 1.54) is 12.1 Å². The van der Waals surface area contributed by atoms with Gasteiger partial charge in [0.1, 0.15) is 0 Å². The highest BCUT2D eigenvalue weighted by molar-refractivity contribution is 5.87. The Balaban J connectivity index is 1.75. The molecule has 21 heavy (non-hydrogen) atoms. The molecule has 0 aromatic heterocycles. The minimum atomic E-state index is -0.966. The van der Waals surface area contributed by atoms with Crippen molar-refractivity contribution in [2.24, 2.45) is 5.92 Å². The molecule has 4 N–H and O–H groups in total. The topological polar surface area (TPSA) is 98.7 Å². The van der Waals surface area contributed by atoms with Gasteiger partial charge in [-0.15, -0.1) is 0 Å². The second-order valence-electron chi connectivity index (χ2n) is 5.39. The molecule has 2 rings (SSSR count). The first kappa shape index (κ1) is 15.3. The molecule has 2 amide bonds. The van der Waals surface area contributed by atoms with Crippen LogP contribution < -0.4 is 10.6 Å². The maximum absolute atomic E-state index is 11.8. The van der Waals surface area contributed by atoms with Crippen molar-refractivity contribution < 1.29 is 19.8 Å². The number of amides is 2. The van der Waals surface area contributed by atoms with Gasteiger partial charge in [-0.25, -0.2) is 9.59 Å². The van der Waals surface area contributed by atoms with Crippen molar-refractivity contribution in [3.05, 3.63) is 35.4 Å². The number of hydrogen-bond donors (Lipinski definition) is 4. The number of urea groups is 1. The van der Waals surface area contributed by atoms with Gasteiger partial charge in [-0.2, -0.15) is 0 Å². The summed E-state index contributed by atoms with van der Waals surface area (Å²) >= 11 is 0. The van der Waals surface area contributed by atoms with Gasteiger partial charge in [0, 0.05) is 19.2 Å². The normalized spacial score (nSPS) is 21.0. The standard InChI is InChI=1S/C15H20N2O4/c18-9-11-3-6-13(7-11)17-15(21)16-8-10-1-4-12(5-2-10)14(19)20/h1-2,4-5,11,13,18H,3,6-9H2,(H,19,20)(H2,16,17,21)/t11-,13+/m1/s1. The number of carbonyl (C=O) groups excluding carboxylic acids is 1. The first-order valence-electron chi connectivity index (χ1n) is 7.06. The van der Waals surface area contributed by atoms with E-state index in [9.17, 15) is 9.59 Å². The summed E-state index contributed by atoms with van der Waals surface area (Å²) in [5.74, 6) is -0.675. The molecule has 1 saturated carbocycles. The quantitative estimate of drug-likeness (QED) is 0.658. The Morgan fingerprint density at radius 2 is 1.90 bits per heavy atom. The number of aliphatic hydroxyl groups excluding tert-OH is 1. The Kier molecular flexibility index (Phi) is 5.16. The summed E-state index contributed by atoms with van der Waals surface area (Å²) in [6.45, 7) is 0.525. The number of aromatic carboxylic acids is 1. The third-order valence-electron chi connectivity index (χ3n) is 3.79. The molecule has 0 radical (unpaired) electrons. The van der Waals surface area contributed by atoms with Crippen LogP contribution in [0.15, 0.2) is 24.3 Å². The highest BCUT2D eigenvalue weighted by atomic mass is 16.4. The number of benzene rings is 1. The van der Waals surface area contributed by atoms with Crippen molar-refractivity contribution in [2.45, 2.75) is 31.8 Å². The number of carboxylic acids is 1. The first-order valence-corrected chi connectivity index (χ1v) is 7.06. The number of carbonyl (C=O) groups is 2. The molecular formula is C15H20N2O4. The summed E-state index contributed by atoms with van der Waals surface area (Å²) in [5.41, 5.74) is 1.07. The lowest BCUT2D eigenvalue weighted by atomic mass is 10.1. The predicted octanol–water partition coefficient (Wildman–Crippen LogP) is 1.34. The third-order valence-corrected chi connectivity index (χ3v) is 3.79. The maximum Gasteiger partial charge on any atom is 0.335 e. The highest BCUT2D eigenvalue weighted by Gasteiger charge is 2.24.